The van der Waals surface area contributed by atoms with Crippen LogP contribution in [0.2, 0.25) is 5.02 Å². The zero-order chi connectivity index (χ0) is 20.4. The molecule has 8 heteroatoms. The number of nitrogens with zero attached hydrogens (tertiary/aromatic N) is 1. The Bertz CT molecular complexity index is 1060. The highest BCUT2D eigenvalue weighted by atomic mass is 35.5. The number of hydrogen-bond acceptors (Lipinski definition) is 4. The third-order valence-electron chi connectivity index (χ3n) is 4.49. The highest BCUT2D eigenvalue weighted by Crippen LogP contribution is 2.34. The van der Waals surface area contributed by atoms with Gasteiger partial charge in [0.15, 0.2) is 5.76 Å². The van der Waals surface area contributed by atoms with Crippen molar-refractivity contribution in [3.8, 4) is 0 Å². The number of carbonyl (C=O) groups is 3. The van der Waals surface area contributed by atoms with Gasteiger partial charge in [0, 0.05) is 10.7 Å². The topological polar surface area (TPSA) is 91.7 Å². The first kappa shape index (κ1) is 18.8. The molecule has 0 aliphatic carbocycles. The van der Waals surface area contributed by atoms with E-state index in [2.05, 4.69) is 10.6 Å². The predicted octanol–water partition coefficient (Wildman–Crippen LogP) is 3.93. The predicted molar refractivity (Wildman–Crippen MR) is 109 cm³/mol. The quantitative estimate of drug-likeness (QED) is 0.683. The molecule has 7 nitrogen and oxygen atoms in total. The van der Waals surface area contributed by atoms with E-state index >= 15 is 0 Å². The summed E-state index contributed by atoms with van der Waals surface area (Å²) in [4.78, 5) is 39.7. The van der Waals surface area contributed by atoms with E-state index in [1.54, 1.807) is 54.6 Å². The minimum absolute atomic E-state index is 0.0811. The first-order chi connectivity index (χ1) is 14.0. The Kier molecular flexibility index (Phi) is 5.05. The Balaban J connectivity index is 1.62. The number of furan rings is 1. The maximum atomic E-state index is 13.1. The van der Waals surface area contributed by atoms with E-state index in [1.165, 1.54) is 17.2 Å². The van der Waals surface area contributed by atoms with Crippen molar-refractivity contribution in [3.63, 3.8) is 0 Å². The number of carbonyl (C=O) groups excluding carboxylic acids is 3. The second-order valence-corrected chi connectivity index (χ2v) is 6.87. The Morgan fingerprint density at radius 2 is 1.83 bits per heavy atom. The highest BCUT2D eigenvalue weighted by molar-refractivity contribution is 6.30. The molecule has 1 atom stereocenters. The molecular formula is C21H16ClN3O4. The standard InChI is InChI=1S/C21H16ClN3O4/c22-13-7-9-14(10-8-13)23-19(26)12-17-20(27)24-15-4-1-2-5-16(15)25(17)21(28)18-6-3-11-29-18/h1-11,17H,12H2,(H,23,26)(H,24,27)/t17-/m0/s1. The molecule has 4 rings (SSSR count). The lowest BCUT2D eigenvalue weighted by Gasteiger charge is -2.35. The number of halogens is 1. The van der Waals surface area contributed by atoms with Crippen molar-refractivity contribution in [2.75, 3.05) is 15.5 Å². The number of fused-ring (bicyclic) bond motifs is 1. The normalized spacial score (nSPS) is 15.4. The fraction of sp³-hybridized carbons (Fsp3) is 0.0952. The van der Waals surface area contributed by atoms with Crippen LogP contribution in [0.5, 0.6) is 0 Å². The Labute approximate surface area is 171 Å². The van der Waals surface area contributed by atoms with Crippen molar-refractivity contribution in [2.45, 2.75) is 12.5 Å². The van der Waals surface area contributed by atoms with Crippen molar-refractivity contribution in [3.05, 3.63) is 77.7 Å². The number of rotatable bonds is 4. The van der Waals surface area contributed by atoms with Crippen molar-refractivity contribution in [1.29, 1.82) is 0 Å². The van der Waals surface area contributed by atoms with Crippen molar-refractivity contribution in [1.82, 2.24) is 0 Å². The molecule has 0 radical (unpaired) electrons. The summed E-state index contributed by atoms with van der Waals surface area (Å²) in [5, 5.41) is 6.02. The van der Waals surface area contributed by atoms with Gasteiger partial charge in [-0.2, -0.15) is 0 Å². The molecule has 2 heterocycles. The third kappa shape index (κ3) is 3.86. The van der Waals surface area contributed by atoms with E-state index in [1.807, 2.05) is 0 Å². The fourth-order valence-corrected chi connectivity index (χ4v) is 3.29. The minimum Gasteiger partial charge on any atom is -0.459 e. The van der Waals surface area contributed by atoms with E-state index in [-0.39, 0.29) is 12.2 Å². The number of hydrogen-bond donors (Lipinski definition) is 2. The summed E-state index contributed by atoms with van der Waals surface area (Å²) in [7, 11) is 0. The van der Waals surface area contributed by atoms with Crippen LogP contribution in [0.1, 0.15) is 17.0 Å². The monoisotopic (exact) mass is 409 g/mol. The largest absolute Gasteiger partial charge is 0.459 e. The van der Waals surface area contributed by atoms with Gasteiger partial charge in [-0.3, -0.25) is 19.3 Å². The summed E-state index contributed by atoms with van der Waals surface area (Å²) < 4.78 is 5.22. The first-order valence-corrected chi connectivity index (χ1v) is 9.23. The molecule has 146 valence electrons. The summed E-state index contributed by atoms with van der Waals surface area (Å²) in [6.07, 6.45) is 1.15. The molecule has 0 spiro atoms. The van der Waals surface area contributed by atoms with Gasteiger partial charge in [-0.1, -0.05) is 23.7 Å². The molecule has 1 aromatic heterocycles. The molecule has 0 unspecified atom stereocenters. The summed E-state index contributed by atoms with van der Waals surface area (Å²) in [5.41, 5.74) is 1.53. The van der Waals surface area contributed by atoms with E-state index in [0.29, 0.717) is 22.1 Å². The number of amides is 3. The summed E-state index contributed by atoms with van der Waals surface area (Å²) >= 11 is 5.85. The van der Waals surface area contributed by atoms with Crippen LogP contribution in [0.15, 0.2) is 71.3 Å². The maximum absolute atomic E-state index is 13.1. The Hall–Kier alpha value is -3.58. The third-order valence-corrected chi connectivity index (χ3v) is 4.75. The van der Waals surface area contributed by atoms with Gasteiger partial charge in [0.25, 0.3) is 5.91 Å². The van der Waals surface area contributed by atoms with Crippen molar-refractivity contribution < 1.29 is 18.8 Å². The molecule has 1 aliphatic rings. The number of benzene rings is 2. The van der Waals surface area contributed by atoms with Crippen molar-refractivity contribution >= 4 is 46.4 Å². The molecule has 2 N–H and O–H groups in total. The van der Waals surface area contributed by atoms with Crippen LogP contribution < -0.4 is 15.5 Å². The molecule has 3 amide bonds. The average Bonchev–Trinajstić information content (AvgIpc) is 3.25. The smallest absolute Gasteiger partial charge is 0.294 e. The second-order valence-electron chi connectivity index (χ2n) is 6.43. The molecular weight excluding hydrogens is 394 g/mol. The zero-order valence-corrected chi connectivity index (χ0v) is 15.8. The summed E-state index contributed by atoms with van der Waals surface area (Å²) in [6.45, 7) is 0. The molecule has 0 fully saturated rings. The van der Waals surface area contributed by atoms with Crippen LogP contribution in [-0.4, -0.2) is 23.8 Å². The van der Waals surface area contributed by atoms with Crippen LogP contribution in [-0.2, 0) is 9.59 Å². The lowest BCUT2D eigenvalue weighted by atomic mass is 10.0. The maximum Gasteiger partial charge on any atom is 0.294 e. The van der Waals surface area contributed by atoms with Gasteiger partial charge in [0.2, 0.25) is 11.8 Å². The van der Waals surface area contributed by atoms with Crippen LogP contribution in [0.4, 0.5) is 17.1 Å². The Morgan fingerprint density at radius 3 is 2.55 bits per heavy atom. The molecule has 29 heavy (non-hydrogen) atoms. The first-order valence-electron chi connectivity index (χ1n) is 8.85. The van der Waals surface area contributed by atoms with E-state index in [0.717, 1.165) is 0 Å². The fourth-order valence-electron chi connectivity index (χ4n) is 3.17. The lowest BCUT2D eigenvalue weighted by molar-refractivity contribution is -0.122. The lowest BCUT2D eigenvalue weighted by Crippen LogP contribution is -2.52. The summed E-state index contributed by atoms with van der Waals surface area (Å²) in [5.74, 6) is -1.28. The molecule has 0 bridgehead atoms. The van der Waals surface area contributed by atoms with Crippen LogP contribution >= 0.6 is 11.6 Å². The van der Waals surface area contributed by atoms with Crippen LogP contribution in [0, 0.1) is 0 Å². The zero-order valence-electron chi connectivity index (χ0n) is 15.1. The average molecular weight is 410 g/mol. The Morgan fingerprint density at radius 1 is 1.07 bits per heavy atom. The minimum atomic E-state index is -1.03. The van der Waals surface area contributed by atoms with Gasteiger partial charge in [0.1, 0.15) is 6.04 Å². The van der Waals surface area contributed by atoms with Gasteiger partial charge >= 0.3 is 0 Å². The van der Waals surface area contributed by atoms with Crippen LogP contribution in [0.25, 0.3) is 0 Å². The van der Waals surface area contributed by atoms with E-state index < -0.39 is 23.8 Å². The second kappa shape index (κ2) is 7.81. The van der Waals surface area contributed by atoms with Gasteiger partial charge < -0.3 is 15.1 Å². The number of anilines is 3. The molecule has 1 aliphatic heterocycles. The number of nitrogens with one attached hydrogen (secondary N) is 2. The van der Waals surface area contributed by atoms with E-state index in [4.69, 9.17) is 16.0 Å². The molecule has 0 saturated carbocycles. The van der Waals surface area contributed by atoms with Crippen LogP contribution in [0.3, 0.4) is 0 Å². The highest BCUT2D eigenvalue weighted by Gasteiger charge is 2.39. The van der Waals surface area contributed by atoms with Gasteiger partial charge in [-0.15, -0.1) is 0 Å². The van der Waals surface area contributed by atoms with Crippen molar-refractivity contribution in [2.24, 2.45) is 0 Å². The SMILES string of the molecule is O=C(C[C@H]1C(=O)Nc2ccccc2N1C(=O)c1ccco1)Nc1ccc(Cl)cc1. The summed E-state index contributed by atoms with van der Waals surface area (Å²) in [6, 6.07) is 15.6. The van der Waals surface area contributed by atoms with E-state index in [9.17, 15) is 14.4 Å². The molecule has 3 aromatic rings. The van der Waals surface area contributed by atoms with Gasteiger partial charge in [0.05, 0.1) is 24.1 Å². The molecule has 0 saturated heterocycles. The number of para-hydroxylation sites is 2. The van der Waals surface area contributed by atoms with Gasteiger partial charge in [-0.05, 0) is 48.5 Å². The van der Waals surface area contributed by atoms with Gasteiger partial charge in [-0.25, -0.2) is 0 Å². The molecule has 2 aromatic carbocycles.